The fourth-order valence-corrected chi connectivity index (χ4v) is 2.68. The molecule has 1 aromatic rings. The minimum absolute atomic E-state index is 0.0214. The van der Waals surface area contributed by atoms with Crippen LogP contribution in [-0.4, -0.2) is 33.7 Å². The fourth-order valence-electron chi connectivity index (χ4n) is 2.68. The van der Waals surface area contributed by atoms with Gasteiger partial charge in [0, 0.05) is 25.8 Å². The Kier molecular flexibility index (Phi) is 4.12. The molecule has 1 aromatic heterocycles. The number of nitrogen functional groups attached to an aromatic ring is 1. The summed E-state index contributed by atoms with van der Waals surface area (Å²) in [6, 6.07) is 0. The number of nitrogens with two attached hydrogens (primary N) is 1. The molecular weight excluding hydrogens is 240 g/mol. The van der Waals surface area contributed by atoms with E-state index < -0.39 is 0 Å². The summed E-state index contributed by atoms with van der Waals surface area (Å²) >= 11 is 0. The molecule has 1 aliphatic heterocycles. The molecule has 0 bridgehead atoms. The van der Waals surface area contributed by atoms with Gasteiger partial charge in [0.15, 0.2) is 5.69 Å². The van der Waals surface area contributed by atoms with Crippen LogP contribution in [0.2, 0.25) is 0 Å². The second kappa shape index (κ2) is 5.63. The van der Waals surface area contributed by atoms with Crippen molar-refractivity contribution in [1.82, 2.24) is 14.7 Å². The molecule has 1 aliphatic rings. The average Bonchev–Trinajstić information content (AvgIpc) is 2.79. The normalized spacial score (nSPS) is 17.2. The number of carbonyl (C=O) groups excluding carboxylic acids is 1. The first kappa shape index (κ1) is 13.9. The lowest BCUT2D eigenvalue weighted by molar-refractivity contribution is 0.0662. The number of hydrogen-bond acceptors (Lipinski definition) is 3. The van der Waals surface area contributed by atoms with Gasteiger partial charge in [0.05, 0.1) is 5.69 Å². The van der Waals surface area contributed by atoms with Gasteiger partial charge in [-0.1, -0.05) is 13.8 Å². The molecule has 0 radical (unpaired) electrons. The van der Waals surface area contributed by atoms with Crippen molar-refractivity contribution in [2.75, 3.05) is 18.8 Å². The summed E-state index contributed by atoms with van der Waals surface area (Å²) in [4.78, 5) is 14.3. The Morgan fingerprint density at radius 2 is 2.11 bits per heavy atom. The van der Waals surface area contributed by atoms with Crippen LogP contribution < -0.4 is 5.73 Å². The van der Waals surface area contributed by atoms with Crippen molar-refractivity contribution < 1.29 is 4.79 Å². The van der Waals surface area contributed by atoms with Crippen LogP contribution in [-0.2, 0) is 6.54 Å². The van der Waals surface area contributed by atoms with E-state index in [0.29, 0.717) is 17.3 Å². The minimum atomic E-state index is -0.0214. The number of hydrogen-bond donors (Lipinski definition) is 1. The van der Waals surface area contributed by atoms with Crippen LogP contribution in [0.1, 0.15) is 44.1 Å². The molecule has 2 rings (SSSR count). The number of likely N-dealkylation sites (tertiary alicyclic amines) is 1. The van der Waals surface area contributed by atoms with Gasteiger partial charge < -0.3 is 10.6 Å². The number of aromatic nitrogens is 2. The van der Waals surface area contributed by atoms with Crippen LogP contribution >= 0.6 is 0 Å². The van der Waals surface area contributed by atoms with Gasteiger partial charge in [0.1, 0.15) is 0 Å². The third-order valence-corrected chi connectivity index (χ3v) is 4.09. The lowest BCUT2D eigenvalue weighted by Gasteiger charge is -2.33. The van der Waals surface area contributed by atoms with Crippen molar-refractivity contribution in [3.63, 3.8) is 0 Å². The van der Waals surface area contributed by atoms with Crippen molar-refractivity contribution in [2.45, 2.75) is 40.2 Å². The monoisotopic (exact) mass is 264 g/mol. The van der Waals surface area contributed by atoms with Crippen molar-refractivity contribution in [1.29, 1.82) is 0 Å². The standard InChI is InChI=1S/C14H24N4O/c1-4-18-9-12(15)13(16-18)14(19)17-7-5-11(6-8-17)10(2)3/h9-11H,4-8,15H2,1-3H3. The minimum Gasteiger partial charge on any atom is -0.396 e. The maximum absolute atomic E-state index is 12.4. The molecule has 0 aliphatic carbocycles. The van der Waals surface area contributed by atoms with Gasteiger partial charge in [0.25, 0.3) is 5.91 Å². The zero-order valence-electron chi connectivity index (χ0n) is 12.1. The van der Waals surface area contributed by atoms with Gasteiger partial charge in [0.2, 0.25) is 0 Å². The lowest BCUT2D eigenvalue weighted by atomic mass is 9.86. The molecule has 2 heterocycles. The highest BCUT2D eigenvalue weighted by atomic mass is 16.2. The van der Waals surface area contributed by atoms with Crippen molar-refractivity contribution in [3.8, 4) is 0 Å². The first-order valence-electron chi connectivity index (χ1n) is 7.15. The number of amides is 1. The predicted octanol–water partition coefficient (Wildman–Crippen LogP) is 1.99. The van der Waals surface area contributed by atoms with Gasteiger partial charge in [-0.25, -0.2) is 0 Å². The van der Waals surface area contributed by atoms with E-state index in [1.54, 1.807) is 10.9 Å². The summed E-state index contributed by atoms with van der Waals surface area (Å²) in [5.74, 6) is 1.41. The Morgan fingerprint density at radius 3 is 2.58 bits per heavy atom. The number of piperidine rings is 1. The highest BCUT2D eigenvalue weighted by Gasteiger charge is 2.27. The van der Waals surface area contributed by atoms with Crippen LogP contribution in [0.5, 0.6) is 0 Å². The van der Waals surface area contributed by atoms with Gasteiger partial charge in [-0.3, -0.25) is 9.48 Å². The molecule has 5 heteroatoms. The largest absolute Gasteiger partial charge is 0.396 e. The quantitative estimate of drug-likeness (QED) is 0.908. The second-order valence-corrected chi connectivity index (χ2v) is 5.66. The average molecular weight is 264 g/mol. The third kappa shape index (κ3) is 2.91. The van der Waals surface area contributed by atoms with Gasteiger partial charge in [-0.05, 0) is 31.6 Å². The molecule has 1 fully saturated rings. The smallest absolute Gasteiger partial charge is 0.276 e. The Balaban J connectivity index is 2.03. The molecule has 0 spiro atoms. The molecule has 106 valence electrons. The first-order chi connectivity index (χ1) is 9.02. The van der Waals surface area contributed by atoms with Crippen molar-refractivity contribution >= 4 is 11.6 Å². The second-order valence-electron chi connectivity index (χ2n) is 5.66. The van der Waals surface area contributed by atoms with Crippen LogP contribution in [0.3, 0.4) is 0 Å². The predicted molar refractivity (Wildman–Crippen MR) is 75.8 cm³/mol. The number of anilines is 1. The molecule has 0 atom stereocenters. The zero-order chi connectivity index (χ0) is 14.0. The molecule has 19 heavy (non-hydrogen) atoms. The van der Waals surface area contributed by atoms with Crippen molar-refractivity contribution in [2.24, 2.45) is 11.8 Å². The summed E-state index contributed by atoms with van der Waals surface area (Å²) < 4.78 is 1.71. The topological polar surface area (TPSA) is 64.2 Å². The molecule has 0 unspecified atom stereocenters. The van der Waals surface area contributed by atoms with E-state index >= 15 is 0 Å². The Morgan fingerprint density at radius 1 is 1.47 bits per heavy atom. The summed E-state index contributed by atoms with van der Waals surface area (Å²) in [6.07, 6.45) is 3.89. The Labute approximate surface area is 114 Å². The summed E-state index contributed by atoms with van der Waals surface area (Å²) in [6.45, 7) is 8.86. The molecule has 2 N–H and O–H groups in total. The molecule has 1 amide bonds. The van der Waals surface area contributed by atoms with Crippen LogP contribution in [0, 0.1) is 11.8 Å². The van der Waals surface area contributed by atoms with Gasteiger partial charge >= 0.3 is 0 Å². The van der Waals surface area contributed by atoms with E-state index in [0.717, 1.165) is 38.4 Å². The van der Waals surface area contributed by atoms with Gasteiger partial charge in [-0.15, -0.1) is 0 Å². The van der Waals surface area contributed by atoms with Crippen LogP contribution in [0.4, 0.5) is 5.69 Å². The summed E-state index contributed by atoms with van der Waals surface area (Å²) in [5, 5.41) is 4.26. The molecule has 0 saturated carbocycles. The summed E-state index contributed by atoms with van der Waals surface area (Å²) in [7, 11) is 0. The zero-order valence-corrected chi connectivity index (χ0v) is 12.1. The molecule has 0 aromatic carbocycles. The number of aryl methyl sites for hydroxylation is 1. The summed E-state index contributed by atoms with van der Waals surface area (Å²) in [5.41, 5.74) is 6.76. The van der Waals surface area contributed by atoms with Crippen molar-refractivity contribution in [3.05, 3.63) is 11.9 Å². The fraction of sp³-hybridized carbons (Fsp3) is 0.714. The highest BCUT2D eigenvalue weighted by molar-refractivity contribution is 5.97. The molecule has 5 nitrogen and oxygen atoms in total. The number of nitrogens with zero attached hydrogens (tertiary/aromatic N) is 3. The maximum atomic E-state index is 12.4. The van der Waals surface area contributed by atoms with E-state index in [1.165, 1.54) is 0 Å². The number of rotatable bonds is 3. The molecule has 1 saturated heterocycles. The van der Waals surface area contributed by atoms with E-state index in [2.05, 4.69) is 18.9 Å². The van der Waals surface area contributed by atoms with E-state index in [9.17, 15) is 4.79 Å². The van der Waals surface area contributed by atoms with E-state index in [-0.39, 0.29) is 5.91 Å². The molecular formula is C14H24N4O. The highest BCUT2D eigenvalue weighted by Crippen LogP contribution is 2.25. The Hall–Kier alpha value is -1.52. The first-order valence-corrected chi connectivity index (χ1v) is 7.15. The van der Waals surface area contributed by atoms with E-state index in [4.69, 9.17) is 5.73 Å². The van der Waals surface area contributed by atoms with Gasteiger partial charge in [-0.2, -0.15) is 5.10 Å². The lowest BCUT2D eigenvalue weighted by Crippen LogP contribution is -2.40. The third-order valence-electron chi connectivity index (χ3n) is 4.09. The van der Waals surface area contributed by atoms with E-state index in [1.807, 2.05) is 11.8 Å². The Bertz CT molecular complexity index is 444. The van der Waals surface area contributed by atoms with Crippen LogP contribution in [0.25, 0.3) is 0 Å². The SMILES string of the molecule is CCn1cc(N)c(C(=O)N2CCC(C(C)C)CC2)n1. The number of carbonyl (C=O) groups is 1. The van der Waals surface area contributed by atoms with Crippen LogP contribution in [0.15, 0.2) is 6.20 Å². The maximum Gasteiger partial charge on any atom is 0.276 e.